The minimum absolute atomic E-state index is 0.0982. The van der Waals surface area contributed by atoms with Gasteiger partial charge in [-0.1, -0.05) is 0 Å². The fraction of sp³-hybridized carbons (Fsp3) is 0.429. The summed E-state index contributed by atoms with van der Waals surface area (Å²) in [7, 11) is 1.41. The van der Waals surface area contributed by atoms with Crippen LogP contribution in [-0.4, -0.2) is 30.6 Å². The summed E-state index contributed by atoms with van der Waals surface area (Å²) in [5.41, 5.74) is -1.04. The zero-order valence-corrected chi connectivity index (χ0v) is 11.7. The van der Waals surface area contributed by atoms with Crippen LogP contribution in [0.5, 0.6) is 5.75 Å². The first-order valence-electron chi connectivity index (χ1n) is 6.13. The maximum Gasteiger partial charge on any atom is 0.309 e. The zero-order chi connectivity index (χ0) is 15.3. The number of aliphatic carboxylic acids is 1. The van der Waals surface area contributed by atoms with Crippen LogP contribution >= 0.6 is 0 Å². The topological polar surface area (TPSA) is 75.6 Å². The van der Waals surface area contributed by atoms with Gasteiger partial charge in [0.25, 0.3) is 5.91 Å². The summed E-state index contributed by atoms with van der Waals surface area (Å²) in [6, 6.07) is 3.93. The van der Waals surface area contributed by atoms with Crippen molar-refractivity contribution in [2.75, 3.05) is 13.7 Å². The second kappa shape index (κ2) is 6.36. The first kappa shape index (κ1) is 15.9. The van der Waals surface area contributed by atoms with Crippen LogP contribution in [0.2, 0.25) is 0 Å². The molecular formula is C14H18FNO4. The molecule has 0 saturated heterocycles. The third-order valence-corrected chi connectivity index (χ3v) is 3.04. The summed E-state index contributed by atoms with van der Waals surface area (Å²) in [4.78, 5) is 22.7. The summed E-state index contributed by atoms with van der Waals surface area (Å²) in [6.45, 7) is 3.29. The maximum absolute atomic E-state index is 13.6. The van der Waals surface area contributed by atoms with Crippen molar-refractivity contribution in [3.8, 4) is 5.75 Å². The van der Waals surface area contributed by atoms with Gasteiger partial charge in [0.15, 0.2) is 0 Å². The van der Waals surface area contributed by atoms with Crippen molar-refractivity contribution in [3.63, 3.8) is 0 Å². The predicted molar refractivity (Wildman–Crippen MR) is 71.3 cm³/mol. The van der Waals surface area contributed by atoms with Crippen molar-refractivity contribution in [1.82, 2.24) is 5.32 Å². The standard InChI is InChI=1S/C14H18FNO4/c1-14(2,13(18)19)6-7-16-12(17)10-5-4-9(20-3)8-11(10)15/h4-5,8H,6-7H2,1-3H3,(H,16,17)(H,18,19). The van der Waals surface area contributed by atoms with Gasteiger partial charge in [-0.05, 0) is 32.4 Å². The lowest BCUT2D eigenvalue weighted by atomic mass is 9.90. The van der Waals surface area contributed by atoms with Crippen LogP contribution in [0.3, 0.4) is 0 Å². The molecule has 0 aliphatic carbocycles. The second-order valence-corrected chi connectivity index (χ2v) is 5.04. The predicted octanol–water partition coefficient (Wildman–Crippen LogP) is 2.07. The Kier molecular flexibility index (Phi) is 5.07. The Morgan fingerprint density at radius 3 is 2.55 bits per heavy atom. The van der Waals surface area contributed by atoms with Gasteiger partial charge in [0, 0.05) is 12.6 Å². The number of hydrogen-bond acceptors (Lipinski definition) is 3. The molecule has 1 amide bonds. The average Bonchev–Trinajstić information content (AvgIpc) is 2.37. The summed E-state index contributed by atoms with van der Waals surface area (Å²) >= 11 is 0. The molecule has 5 nitrogen and oxygen atoms in total. The Hall–Kier alpha value is -2.11. The Balaban J connectivity index is 2.62. The number of carbonyl (C=O) groups excluding carboxylic acids is 1. The van der Waals surface area contributed by atoms with Crippen LogP contribution < -0.4 is 10.1 Å². The van der Waals surface area contributed by atoms with Crippen molar-refractivity contribution in [1.29, 1.82) is 0 Å². The number of carbonyl (C=O) groups is 2. The largest absolute Gasteiger partial charge is 0.497 e. The molecule has 6 heteroatoms. The lowest BCUT2D eigenvalue weighted by Crippen LogP contribution is -2.32. The number of nitrogens with one attached hydrogen (secondary N) is 1. The third-order valence-electron chi connectivity index (χ3n) is 3.04. The quantitative estimate of drug-likeness (QED) is 0.838. The molecule has 1 aromatic rings. The zero-order valence-electron chi connectivity index (χ0n) is 11.7. The summed E-state index contributed by atoms with van der Waals surface area (Å²) in [5, 5.41) is 11.4. The number of amides is 1. The number of ether oxygens (including phenoxy) is 1. The first-order valence-corrected chi connectivity index (χ1v) is 6.13. The molecule has 0 heterocycles. The van der Waals surface area contributed by atoms with Crippen molar-refractivity contribution in [2.24, 2.45) is 5.41 Å². The van der Waals surface area contributed by atoms with E-state index in [1.807, 2.05) is 0 Å². The number of methoxy groups -OCH3 is 1. The Morgan fingerprint density at radius 2 is 2.05 bits per heavy atom. The van der Waals surface area contributed by atoms with Crippen LogP contribution in [0.25, 0.3) is 0 Å². The lowest BCUT2D eigenvalue weighted by molar-refractivity contribution is -0.147. The molecular weight excluding hydrogens is 265 g/mol. The normalized spacial score (nSPS) is 11.0. The van der Waals surface area contributed by atoms with E-state index in [9.17, 15) is 14.0 Å². The highest BCUT2D eigenvalue weighted by molar-refractivity contribution is 5.94. The fourth-order valence-electron chi connectivity index (χ4n) is 1.50. The van der Waals surface area contributed by atoms with Crippen molar-refractivity contribution in [2.45, 2.75) is 20.3 Å². The molecule has 20 heavy (non-hydrogen) atoms. The van der Waals surface area contributed by atoms with Crippen LogP contribution in [-0.2, 0) is 4.79 Å². The van der Waals surface area contributed by atoms with Gasteiger partial charge in [-0.25, -0.2) is 4.39 Å². The molecule has 0 bridgehead atoms. The van der Waals surface area contributed by atoms with Crippen LogP contribution in [0, 0.1) is 11.2 Å². The number of benzene rings is 1. The van der Waals surface area contributed by atoms with Gasteiger partial charge in [0.05, 0.1) is 18.1 Å². The fourth-order valence-corrected chi connectivity index (χ4v) is 1.50. The molecule has 2 N–H and O–H groups in total. The molecule has 0 saturated carbocycles. The SMILES string of the molecule is COc1ccc(C(=O)NCCC(C)(C)C(=O)O)c(F)c1. The monoisotopic (exact) mass is 283 g/mol. The average molecular weight is 283 g/mol. The van der Waals surface area contributed by atoms with Gasteiger partial charge in [-0.15, -0.1) is 0 Å². The van der Waals surface area contributed by atoms with Crippen LogP contribution in [0.1, 0.15) is 30.6 Å². The van der Waals surface area contributed by atoms with Crippen molar-refractivity contribution in [3.05, 3.63) is 29.6 Å². The van der Waals surface area contributed by atoms with Crippen LogP contribution in [0.15, 0.2) is 18.2 Å². The lowest BCUT2D eigenvalue weighted by Gasteiger charge is -2.18. The first-order chi connectivity index (χ1) is 9.27. The van der Waals surface area contributed by atoms with E-state index in [0.717, 1.165) is 6.07 Å². The highest BCUT2D eigenvalue weighted by atomic mass is 19.1. The molecule has 1 aromatic carbocycles. The highest BCUT2D eigenvalue weighted by Crippen LogP contribution is 2.20. The third kappa shape index (κ3) is 3.94. The van der Waals surface area contributed by atoms with Gasteiger partial charge < -0.3 is 15.2 Å². The number of rotatable bonds is 6. The van der Waals surface area contributed by atoms with E-state index in [-0.39, 0.29) is 18.5 Å². The minimum Gasteiger partial charge on any atom is -0.497 e. The number of hydrogen-bond donors (Lipinski definition) is 2. The van der Waals surface area contributed by atoms with Crippen molar-refractivity contribution < 1.29 is 23.8 Å². The molecule has 1 rings (SSSR count). The van der Waals surface area contributed by atoms with Gasteiger partial charge in [0.2, 0.25) is 0 Å². The molecule has 0 aromatic heterocycles. The molecule has 110 valence electrons. The van der Waals surface area contributed by atoms with Crippen LogP contribution in [0.4, 0.5) is 4.39 Å². The molecule has 0 aliphatic rings. The number of carboxylic acid groups (broad SMARTS) is 1. The smallest absolute Gasteiger partial charge is 0.309 e. The molecule has 0 unspecified atom stereocenters. The molecule has 0 aliphatic heterocycles. The molecule has 0 radical (unpaired) electrons. The minimum atomic E-state index is -0.942. The molecule has 0 atom stereocenters. The Morgan fingerprint density at radius 1 is 1.40 bits per heavy atom. The van der Waals surface area contributed by atoms with Gasteiger partial charge in [-0.3, -0.25) is 9.59 Å². The Bertz CT molecular complexity index is 514. The van der Waals surface area contributed by atoms with E-state index in [1.54, 1.807) is 13.8 Å². The van der Waals surface area contributed by atoms with E-state index in [1.165, 1.54) is 19.2 Å². The Labute approximate surface area is 116 Å². The highest BCUT2D eigenvalue weighted by Gasteiger charge is 2.26. The molecule has 0 fully saturated rings. The van der Waals surface area contributed by atoms with E-state index in [4.69, 9.17) is 9.84 Å². The van der Waals surface area contributed by atoms with Crippen molar-refractivity contribution >= 4 is 11.9 Å². The summed E-state index contributed by atoms with van der Waals surface area (Å²) < 4.78 is 18.5. The van der Waals surface area contributed by atoms with E-state index >= 15 is 0 Å². The van der Waals surface area contributed by atoms with E-state index < -0.39 is 23.1 Å². The van der Waals surface area contributed by atoms with Gasteiger partial charge >= 0.3 is 5.97 Å². The number of halogens is 1. The van der Waals surface area contributed by atoms with E-state index in [2.05, 4.69) is 5.32 Å². The summed E-state index contributed by atoms with van der Waals surface area (Å²) in [5.74, 6) is -1.88. The van der Waals surface area contributed by atoms with Gasteiger partial charge in [0.1, 0.15) is 11.6 Å². The summed E-state index contributed by atoms with van der Waals surface area (Å²) in [6.07, 6.45) is 0.256. The second-order valence-electron chi connectivity index (χ2n) is 5.04. The van der Waals surface area contributed by atoms with E-state index in [0.29, 0.717) is 5.75 Å². The molecule has 0 spiro atoms. The maximum atomic E-state index is 13.6. The number of carboxylic acids is 1. The van der Waals surface area contributed by atoms with Gasteiger partial charge in [-0.2, -0.15) is 0 Å².